The molecule has 88 valence electrons. The van der Waals surface area contributed by atoms with Crippen LogP contribution in [-0.4, -0.2) is 16.0 Å². The SMILES string of the molecule is Cc1noc(C)c1C(=O)Nc1ncccc1Cl. The van der Waals surface area contributed by atoms with E-state index in [9.17, 15) is 4.79 Å². The molecular weight excluding hydrogens is 242 g/mol. The fourth-order valence-electron chi connectivity index (χ4n) is 1.45. The number of anilines is 1. The van der Waals surface area contributed by atoms with Gasteiger partial charge in [-0.2, -0.15) is 0 Å². The second-order valence-corrected chi connectivity index (χ2v) is 3.89. The van der Waals surface area contributed by atoms with Crippen molar-refractivity contribution in [2.24, 2.45) is 0 Å². The number of aryl methyl sites for hydroxylation is 2. The van der Waals surface area contributed by atoms with Gasteiger partial charge in [0.25, 0.3) is 5.91 Å². The van der Waals surface area contributed by atoms with Crippen molar-refractivity contribution in [2.45, 2.75) is 13.8 Å². The van der Waals surface area contributed by atoms with Gasteiger partial charge in [-0.05, 0) is 26.0 Å². The van der Waals surface area contributed by atoms with Gasteiger partial charge in [0.1, 0.15) is 11.3 Å². The molecule has 0 fully saturated rings. The minimum Gasteiger partial charge on any atom is -0.361 e. The van der Waals surface area contributed by atoms with Crippen molar-refractivity contribution in [1.82, 2.24) is 10.1 Å². The van der Waals surface area contributed by atoms with Crippen molar-refractivity contribution in [3.05, 3.63) is 40.4 Å². The molecule has 2 heterocycles. The predicted octanol–water partition coefficient (Wildman–Crippen LogP) is 2.59. The maximum absolute atomic E-state index is 12.0. The molecule has 6 heteroatoms. The summed E-state index contributed by atoms with van der Waals surface area (Å²) in [5.41, 5.74) is 0.943. The van der Waals surface area contributed by atoms with E-state index in [0.717, 1.165) is 0 Å². The topological polar surface area (TPSA) is 68.0 Å². The van der Waals surface area contributed by atoms with Gasteiger partial charge in [0.15, 0.2) is 5.82 Å². The molecular formula is C11H10ClN3O2. The molecule has 0 bridgehead atoms. The van der Waals surface area contributed by atoms with Crippen LogP contribution in [0.25, 0.3) is 0 Å². The molecule has 0 aromatic carbocycles. The molecule has 0 radical (unpaired) electrons. The zero-order valence-corrected chi connectivity index (χ0v) is 10.1. The zero-order chi connectivity index (χ0) is 12.4. The van der Waals surface area contributed by atoms with E-state index < -0.39 is 0 Å². The molecule has 0 aliphatic carbocycles. The number of nitrogens with one attached hydrogen (secondary N) is 1. The van der Waals surface area contributed by atoms with Crippen LogP contribution in [-0.2, 0) is 0 Å². The van der Waals surface area contributed by atoms with E-state index in [4.69, 9.17) is 16.1 Å². The van der Waals surface area contributed by atoms with Crippen LogP contribution in [0, 0.1) is 13.8 Å². The van der Waals surface area contributed by atoms with Crippen molar-refractivity contribution in [3.63, 3.8) is 0 Å². The van der Waals surface area contributed by atoms with Crippen molar-refractivity contribution < 1.29 is 9.32 Å². The van der Waals surface area contributed by atoms with E-state index >= 15 is 0 Å². The standard InChI is InChI=1S/C11H10ClN3O2/c1-6-9(7(2)17-15-6)11(16)14-10-8(12)4-3-5-13-10/h3-5H,1-2H3,(H,13,14,16). The first-order valence-electron chi connectivity index (χ1n) is 4.94. The first-order chi connectivity index (χ1) is 8.09. The maximum Gasteiger partial charge on any atom is 0.262 e. The fourth-order valence-corrected chi connectivity index (χ4v) is 1.62. The molecule has 5 nitrogen and oxygen atoms in total. The Kier molecular flexibility index (Phi) is 3.10. The van der Waals surface area contributed by atoms with Crippen LogP contribution in [0.4, 0.5) is 5.82 Å². The zero-order valence-electron chi connectivity index (χ0n) is 9.32. The van der Waals surface area contributed by atoms with E-state index in [2.05, 4.69) is 15.5 Å². The Morgan fingerprint density at radius 3 is 2.82 bits per heavy atom. The number of pyridine rings is 1. The van der Waals surface area contributed by atoms with Crippen LogP contribution in [0.1, 0.15) is 21.8 Å². The van der Waals surface area contributed by atoms with Crippen LogP contribution in [0.2, 0.25) is 5.02 Å². The molecule has 17 heavy (non-hydrogen) atoms. The number of amides is 1. The summed E-state index contributed by atoms with van der Waals surface area (Å²) < 4.78 is 4.92. The Labute approximate surface area is 103 Å². The minimum atomic E-state index is -0.332. The molecule has 2 rings (SSSR count). The van der Waals surface area contributed by atoms with Gasteiger partial charge in [0.05, 0.1) is 10.7 Å². The number of aromatic nitrogens is 2. The van der Waals surface area contributed by atoms with Gasteiger partial charge in [-0.15, -0.1) is 0 Å². The van der Waals surface area contributed by atoms with Gasteiger partial charge in [0, 0.05) is 6.20 Å². The normalized spacial score (nSPS) is 10.3. The van der Waals surface area contributed by atoms with Crippen molar-refractivity contribution in [1.29, 1.82) is 0 Å². The smallest absolute Gasteiger partial charge is 0.262 e. The average molecular weight is 252 g/mol. The molecule has 0 aliphatic heterocycles. The lowest BCUT2D eigenvalue weighted by Gasteiger charge is -2.04. The molecule has 0 spiro atoms. The molecule has 0 aliphatic rings. The summed E-state index contributed by atoms with van der Waals surface area (Å²) in [6, 6.07) is 3.34. The van der Waals surface area contributed by atoms with Crippen LogP contribution in [0.3, 0.4) is 0 Å². The summed E-state index contributed by atoms with van der Waals surface area (Å²) in [7, 11) is 0. The molecule has 0 saturated heterocycles. The van der Waals surface area contributed by atoms with Crippen molar-refractivity contribution >= 4 is 23.3 Å². The van der Waals surface area contributed by atoms with Crippen molar-refractivity contribution in [3.8, 4) is 0 Å². The highest BCUT2D eigenvalue weighted by molar-refractivity contribution is 6.33. The second kappa shape index (κ2) is 4.55. The summed E-state index contributed by atoms with van der Waals surface area (Å²) in [5.74, 6) is 0.452. The highest BCUT2D eigenvalue weighted by atomic mass is 35.5. The number of nitrogens with zero attached hydrogens (tertiary/aromatic N) is 2. The molecule has 2 aromatic heterocycles. The third-order valence-electron chi connectivity index (χ3n) is 2.25. The van der Waals surface area contributed by atoms with E-state index in [1.165, 1.54) is 0 Å². The minimum absolute atomic E-state index is 0.319. The number of hydrogen-bond acceptors (Lipinski definition) is 4. The van der Waals surface area contributed by atoms with Gasteiger partial charge < -0.3 is 9.84 Å². The number of rotatable bonds is 2. The van der Waals surface area contributed by atoms with Gasteiger partial charge in [-0.25, -0.2) is 4.98 Å². The number of carbonyl (C=O) groups is 1. The van der Waals surface area contributed by atoms with Crippen molar-refractivity contribution in [2.75, 3.05) is 5.32 Å². The summed E-state index contributed by atoms with van der Waals surface area (Å²) in [5, 5.41) is 6.71. The highest BCUT2D eigenvalue weighted by Crippen LogP contribution is 2.20. The Bertz CT molecular complexity index is 546. The lowest BCUT2D eigenvalue weighted by atomic mass is 10.2. The first kappa shape index (κ1) is 11.6. The average Bonchev–Trinajstić information content (AvgIpc) is 2.62. The third-order valence-corrected chi connectivity index (χ3v) is 2.56. The molecule has 1 N–H and O–H groups in total. The lowest BCUT2D eigenvalue weighted by molar-refractivity contribution is 0.102. The van der Waals surface area contributed by atoms with E-state index in [-0.39, 0.29) is 5.91 Å². The van der Waals surface area contributed by atoms with Gasteiger partial charge in [0.2, 0.25) is 0 Å². The lowest BCUT2D eigenvalue weighted by Crippen LogP contribution is -2.14. The maximum atomic E-state index is 12.0. The fraction of sp³-hybridized carbons (Fsp3) is 0.182. The predicted molar refractivity (Wildman–Crippen MR) is 63.2 cm³/mol. The Hall–Kier alpha value is -1.88. The Morgan fingerprint density at radius 1 is 1.47 bits per heavy atom. The summed E-state index contributed by atoms with van der Waals surface area (Å²) in [6.45, 7) is 3.38. The van der Waals surface area contributed by atoms with Gasteiger partial charge >= 0.3 is 0 Å². The van der Waals surface area contributed by atoms with Gasteiger partial charge in [-0.1, -0.05) is 16.8 Å². The van der Waals surface area contributed by atoms with Crippen LogP contribution in [0.15, 0.2) is 22.9 Å². The van der Waals surface area contributed by atoms with Crippen LogP contribution >= 0.6 is 11.6 Å². The highest BCUT2D eigenvalue weighted by Gasteiger charge is 2.18. The van der Waals surface area contributed by atoms with Crippen LogP contribution in [0.5, 0.6) is 0 Å². The summed E-state index contributed by atoms with van der Waals surface area (Å²) in [6.07, 6.45) is 1.55. The molecule has 0 unspecified atom stereocenters. The number of halogens is 1. The van der Waals surface area contributed by atoms with E-state index in [0.29, 0.717) is 27.9 Å². The van der Waals surface area contributed by atoms with Gasteiger partial charge in [-0.3, -0.25) is 4.79 Å². The monoisotopic (exact) mass is 251 g/mol. The number of hydrogen-bond donors (Lipinski definition) is 1. The van der Waals surface area contributed by atoms with E-state index in [1.807, 2.05) is 0 Å². The van der Waals surface area contributed by atoms with E-state index in [1.54, 1.807) is 32.2 Å². The molecule has 0 atom stereocenters. The largest absolute Gasteiger partial charge is 0.361 e. The first-order valence-corrected chi connectivity index (χ1v) is 5.32. The summed E-state index contributed by atoms with van der Waals surface area (Å²) in [4.78, 5) is 15.9. The van der Waals surface area contributed by atoms with Crippen LogP contribution < -0.4 is 5.32 Å². The summed E-state index contributed by atoms with van der Waals surface area (Å²) >= 11 is 5.89. The third kappa shape index (κ3) is 2.29. The molecule has 1 amide bonds. The Morgan fingerprint density at radius 2 is 2.24 bits per heavy atom. The second-order valence-electron chi connectivity index (χ2n) is 3.49. The number of carbonyl (C=O) groups excluding carboxylic acids is 1. The molecule has 2 aromatic rings. The Balaban J connectivity index is 2.27. The molecule has 0 saturated carbocycles. The quantitative estimate of drug-likeness (QED) is 0.891.